The first-order valence-corrected chi connectivity index (χ1v) is 7.43. The van der Waals surface area contributed by atoms with E-state index in [1.807, 2.05) is 55.5 Å². The summed E-state index contributed by atoms with van der Waals surface area (Å²) in [4.78, 5) is 9.47. The molecule has 3 rings (SSSR count). The van der Waals surface area contributed by atoms with Crippen LogP contribution in [0.4, 0.5) is 0 Å². The molecule has 6 heteroatoms. The van der Waals surface area contributed by atoms with Crippen molar-refractivity contribution in [2.45, 2.75) is 13.5 Å². The molecule has 0 bridgehead atoms. The topological polar surface area (TPSA) is 69.7 Å². The Kier molecular flexibility index (Phi) is 4.86. The summed E-state index contributed by atoms with van der Waals surface area (Å²) in [5.74, 6) is 1.64. The van der Waals surface area contributed by atoms with E-state index in [0.29, 0.717) is 11.7 Å². The molecular weight excluding hydrogens is 306 g/mol. The van der Waals surface area contributed by atoms with Crippen LogP contribution in [0.15, 0.2) is 58.2 Å². The van der Waals surface area contributed by atoms with Crippen LogP contribution in [0.5, 0.6) is 5.75 Å². The first-order valence-electron chi connectivity index (χ1n) is 7.43. The second-order valence-corrected chi connectivity index (χ2v) is 5.16. The van der Waals surface area contributed by atoms with E-state index in [1.165, 1.54) is 5.56 Å². The second-order valence-electron chi connectivity index (χ2n) is 5.16. The Bertz CT molecular complexity index is 808. The number of aromatic nitrogens is 2. The SMILES string of the molecule is COc1ccc(-c2noc(CO/N=C\c3ccc(C)cc3)n2)cc1. The molecule has 0 saturated carbocycles. The largest absolute Gasteiger partial charge is 0.497 e. The third-order valence-electron chi connectivity index (χ3n) is 3.36. The molecule has 6 nitrogen and oxygen atoms in total. The maximum Gasteiger partial charge on any atom is 0.267 e. The van der Waals surface area contributed by atoms with Crippen LogP contribution in [0.1, 0.15) is 17.0 Å². The Balaban J connectivity index is 1.56. The second kappa shape index (κ2) is 7.41. The van der Waals surface area contributed by atoms with Crippen molar-refractivity contribution in [3.63, 3.8) is 0 Å². The summed E-state index contributed by atoms with van der Waals surface area (Å²) in [6, 6.07) is 15.4. The van der Waals surface area contributed by atoms with Gasteiger partial charge in [-0.2, -0.15) is 4.98 Å². The van der Waals surface area contributed by atoms with Gasteiger partial charge in [-0.1, -0.05) is 40.1 Å². The average Bonchev–Trinajstić information content (AvgIpc) is 3.09. The van der Waals surface area contributed by atoms with Gasteiger partial charge in [0.05, 0.1) is 13.3 Å². The van der Waals surface area contributed by atoms with Crippen LogP contribution < -0.4 is 4.74 Å². The highest BCUT2D eigenvalue weighted by Gasteiger charge is 2.09. The van der Waals surface area contributed by atoms with E-state index in [4.69, 9.17) is 14.1 Å². The highest BCUT2D eigenvalue weighted by Crippen LogP contribution is 2.19. The number of ether oxygens (including phenoxy) is 1. The molecule has 0 unspecified atom stereocenters. The number of hydrogen-bond acceptors (Lipinski definition) is 6. The van der Waals surface area contributed by atoms with Gasteiger partial charge in [-0.15, -0.1) is 0 Å². The summed E-state index contributed by atoms with van der Waals surface area (Å²) >= 11 is 0. The molecule has 1 heterocycles. The van der Waals surface area contributed by atoms with Gasteiger partial charge in [-0.3, -0.25) is 0 Å². The van der Waals surface area contributed by atoms with Crippen LogP contribution >= 0.6 is 0 Å². The van der Waals surface area contributed by atoms with Crippen LogP contribution in [0.3, 0.4) is 0 Å². The summed E-state index contributed by atoms with van der Waals surface area (Å²) in [5.41, 5.74) is 3.00. The molecule has 24 heavy (non-hydrogen) atoms. The Morgan fingerprint density at radius 3 is 2.54 bits per heavy atom. The van der Waals surface area contributed by atoms with Crippen LogP contribution in [0.2, 0.25) is 0 Å². The molecule has 0 saturated heterocycles. The molecule has 0 N–H and O–H groups in total. The summed E-state index contributed by atoms with van der Waals surface area (Å²) < 4.78 is 10.3. The Morgan fingerprint density at radius 2 is 1.83 bits per heavy atom. The van der Waals surface area contributed by atoms with E-state index in [9.17, 15) is 0 Å². The minimum atomic E-state index is 0.117. The van der Waals surface area contributed by atoms with Gasteiger partial charge >= 0.3 is 0 Å². The van der Waals surface area contributed by atoms with Gasteiger partial charge < -0.3 is 14.1 Å². The highest BCUT2D eigenvalue weighted by atomic mass is 16.6. The number of hydrogen-bond donors (Lipinski definition) is 0. The molecular formula is C18H17N3O3. The lowest BCUT2D eigenvalue weighted by Crippen LogP contribution is -1.89. The standard InChI is InChI=1S/C18H17N3O3/c1-13-3-5-14(6-4-13)11-19-23-12-17-20-18(21-24-17)15-7-9-16(22-2)10-8-15/h3-11H,12H2,1-2H3/b19-11-. The molecule has 3 aromatic rings. The number of rotatable bonds is 6. The fourth-order valence-electron chi connectivity index (χ4n) is 2.01. The molecule has 0 aliphatic heterocycles. The zero-order chi connectivity index (χ0) is 16.8. The van der Waals surface area contributed by atoms with Crippen LogP contribution in [0, 0.1) is 6.92 Å². The van der Waals surface area contributed by atoms with Crippen molar-refractivity contribution in [1.82, 2.24) is 10.1 Å². The number of aryl methyl sites for hydroxylation is 1. The Labute approximate surface area is 139 Å². The van der Waals surface area contributed by atoms with E-state index in [0.717, 1.165) is 16.9 Å². The molecule has 0 aliphatic carbocycles. The molecule has 0 aliphatic rings. The Morgan fingerprint density at radius 1 is 1.08 bits per heavy atom. The van der Waals surface area contributed by atoms with E-state index in [1.54, 1.807) is 13.3 Å². The monoisotopic (exact) mass is 323 g/mol. The van der Waals surface area contributed by atoms with Crippen molar-refractivity contribution in [3.8, 4) is 17.1 Å². The zero-order valence-electron chi connectivity index (χ0n) is 13.5. The molecule has 1 aromatic heterocycles. The van der Waals surface area contributed by atoms with Gasteiger partial charge in [0.2, 0.25) is 5.82 Å². The van der Waals surface area contributed by atoms with E-state index in [2.05, 4.69) is 15.3 Å². The third-order valence-corrected chi connectivity index (χ3v) is 3.36. The lowest BCUT2D eigenvalue weighted by Gasteiger charge is -1.98. The molecule has 2 aromatic carbocycles. The molecule has 0 atom stereocenters. The normalized spacial score (nSPS) is 10.9. The summed E-state index contributed by atoms with van der Waals surface area (Å²) in [6.45, 7) is 2.15. The number of methoxy groups -OCH3 is 1. The number of benzene rings is 2. The van der Waals surface area contributed by atoms with Crippen molar-refractivity contribution < 1.29 is 14.1 Å². The van der Waals surface area contributed by atoms with Crippen molar-refractivity contribution in [2.75, 3.05) is 7.11 Å². The Hall–Kier alpha value is -3.15. The van der Waals surface area contributed by atoms with E-state index < -0.39 is 0 Å². The van der Waals surface area contributed by atoms with Crippen LogP contribution in [0.25, 0.3) is 11.4 Å². The van der Waals surface area contributed by atoms with Crippen molar-refractivity contribution in [1.29, 1.82) is 0 Å². The summed E-state index contributed by atoms with van der Waals surface area (Å²) in [7, 11) is 1.62. The first-order chi connectivity index (χ1) is 11.7. The first kappa shape index (κ1) is 15.7. The van der Waals surface area contributed by atoms with Gasteiger partial charge in [0.1, 0.15) is 5.75 Å². The number of oxime groups is 1. The molecule has 0 radical (unpaired) electrons. The van der Waals surface area contributed by atoms with Crippen LogP contribution in [-0.4, -0.2) is 23.5 Å². The minimum absolute atomic E-state index is 0.117. The molecule has 0 spiro atoms. The molecule has 0 amide bonds. The van der Waals surface area contributed by atoms with E-state index in [-0.39, 0.29) is 6.61 Å². The van der Waals surface area contributed by atoms with Crippen molar-refractivity contribution in [3.05, 3.63) is 65.5 Å². The molecule has 122 valence electrons. The van der Waals surface area contributed by atoms with E-state index >= 15 is 0 Å². The van der Waals surface area contributed by atoms with Crippen molar-refractivity contribution >= 4 is 6.21 Å². The smallest absolute Gasteiger partial charge is 0.267 e. The summed E-state index contributed by atoms with van der Waals surface area (Å²) in [6.07, 6.45) is 1.64. The quantitative estimate of drug-likeness (QED) is 0.512. The number of nitrogens with zero attached hydrogens (tertiary/aromatic N) is 3. The third kappa shape index (κ3) is 3.98. The average molecular weight is 323 g/mol. The van der Waals surface area contributed by atoms with Gasteiger partial charge in [-0.05, 0) is 36.8 Å². The highest BCUT2D eigenvalue weighted by molar-refractivity contribution is 5.79. The fraction of sp³-hybridized carbons (Fsp3) is 0.167. The fourth-order valence-corrected chi connectivity index (χ4v) is 2.01. The van der Waals surface area contributed by atoms with Gasteiger partial charge in [0.25, 0.3) is 5.89 Å². The lowest BCUT2D eigenvalue weighted by atomic mass is 10.2. The van der Waals surface area contributed by atoms with Gasteiger partial charge in [0.15, 0.2) is 6.61 Å². The maximum absolute atomic E-state index is 5.19. The van der Waals surface area contributed by atoms with Crippen LogP contribution in [-0.2, 0) is 11.4 Å². The van der Waals surface area contributed by atoms with Crippen molar-refractivity contribution in [2.24, 2.45) is 5.16 Å². The lowest BCUT2D eigenvalue weighted by molar-refractivity contribution is 0.107. The minimum Gasteiger partial charge on any atom is -0.497 e. The predicted molar refractivity (Wildman–Crippen MR) is 89.8 cm³/mol. The maximum atomic E-state index is 5.19. The zero-order valence-corrected chi connectivity index (χ0v) is 13.5. The molecule has 0 fully saturated rings. The van der Waals surface area contributed by atoms with Gasteiger partial charge in [0, 0.05) is 5.56 Å². The predicted octanol–water partition coefficient (Wildman–Crippen LogP) is 3.60. The summed E-state index contributed by atoms with van der Waals surface area (Å²) in [5, 5.41) is 7.83. The van der Waals surface area contributed by atoms with Gasteiger partial charge in [-0.25, -0.2) is 0 Å².